The van der Waals surface area contributed by atoms with E-state index in [4.69, 9.17) is 16.7 Å². The lowest BCUT2D eigenvalue weighted by molar-refractivity contribution is 0.0697. The molecule has 1 aromatic rings. The summed E-state index contributed by atoms with van der Waals surface area (Å²) in [5.41, 5.74) is 5.81. The van der Waals surface area contributed by atoms with Crippen molar-refractivity contribution in [1.29, 1.82) is 0 Å². The number of aromatic carboxylic acids is 1. The van der Waals surface area contributed by atoms with Crippen LogP contribution in [-0.4, -0.2) is 16.8 Å². The topological polar surface area (TPSA) is 61.7 Å². The third-order valence-electron chi connectivity index (χ3n) is 2.71. The van der Waals surface area contributed by atoms with Gasteiger partial charge in [0, 0.05) is 0 Å². The van der Waals surface area contributed by atoms with Crippen molar-refractivity contribution in [2.75, 3.05) is 5.43 Å². The number of hydrogen-bond acceptors (Lipinski definition) is 3. The van der Waals surface area contributed by atoms with Crippen molar-refractivity contribution in [2.45, 2.75) is 19.8 Å². The summed E-state index contributed by atoms with van der Waals surface area (Å²) < 4.78 is 0. The van der Waals surface area contributed by atoms with E-state index in [-0.39, 0.29) is 10.6 Å². The Morgan fingerprint density at radius 2 is 2.22 bits per heavy atom. The van der Waals surface area contributed by atoms with Crippen molar-refractivity contribution >= 4 is 29.0 Å². The van der Waals surface area contributed by atoms with Crippen molar-refractivity contribution < 1.29 is 9.90 Å². The number of carboxylic acid groups (broad SMARTS) is 1. The molecule has 0 saturated carbocycles. The quantitative estimate of drug-likeness (QED) is 0.821. The Labute approximate surface area is 110 Å². The molecule has 94 valence electrons. The molecule has 0 bridgehead atoms. The van der Waals surface area contributed by atoms with Gasteiger partial charge in [0.05, 0.1) is 22.0 Å². The maximum Gasteiger partial charge on any atom is 0.337 e. The lowest BCUT2D eigenvalue weighted by atomic mass is 10.2. The zero-order chi connectivity index (χ0) is 13.1. The van der Waals surface area contributed by atoms with E-state index in [0.717, 1.165) is 18.6 Å². The molecule has 0 amide bonds. The largest absolute Gasteiger partial charge is 0.478 e. The summed E-state index contributed by atoms with van der Waals surface area (Å²) in [6, 6.07) is 4.72. The molecular weight excluding hydrogens is 252 g/mol. The minimum atomic E-state index is -1.05. The molecule has 0 unspecified atom stereocenters. The van der Waals surface area contributed by atoms with Crippen molar-refractivity contribution in [3.8, 4) is 0 Å². The van der Waals surface area contributed by atoms with Crippen LogP contribution in [0.4, 0.5) is 5.69 Å². The lowest BCUT2D eigenvalue weighted by Gasteiger charge is -2.04. The Hall–Kier alpha value is -1.81. The molecule has 0 fully saturated rings. The van der Waals surface area contributed by atoms with Crippen LogP contribution in [0.1, 0.15) is 30.1 Å². The van der Waals surface area contributed by atoms with Crippen LogP contribution >= 0.6 is 11.6 Å². The van der Waals surface area contributed by atoms with E-state index < -0.39 is 5.97 Å². The van der Waals surface area contributed by atoms with Gasteiger partial charge in [-0.25, -0.2) is 4.79 Å². The van der Waals surface area contributed by atoms with Crippen molar-refractivity contribution in [2.24, 2.45) is 5.10 Å². The summed E-state index contributed by atoms with van der Waals surface area (Å²) in [5.74, 6) is -1.05. The highest BCUT2D eigenvalue weighted by molar-refractivity contribution is 6.33. The highest BCUT2D eigenvalue weighted by Gasteiger charge is 2.10. The minimum absolute atomic E-state index is 0.0695. The van der Waals surface area contributed by atoms with Crippen LogP contribution in [0.5, 0.6) is 0 Å². The van der Waals surface area contributed by atoms with E-state index in [0.29, 0.717) is 5.69 Å². The van der Waals surface area contributed by atoms with E-state index in [1.165, 1.54) is 11.6 Å². The summed E-state index contributed by atoms with van der Waals surface area (Å²) in [6.07, 6.45) is 3.97. The second kappa shape index (κ2) is 5.23. The highest BCUT2D eigenvalue weighted by atomic mass is 35.5. The first-order valence-electron chi connectivity index (χ1n) is 5.59. The van der Waals surface area contributed by atoms with E-state index >= 15 is 0 Å². The molecule has 0 radical (unpaired) electrons. The second-order valence-electron chi connectivity index (χ2n) is 4.21. The molecule has 1 aromatic carbocycles. The molecule has 18 heavy (non-hydrogen) atoms. The standard InChI is InChI=1S/C13H13ClN2O2/c1-8-2-3-9(6-8)15-16-10-4-5-12(14)11(7-10)13(17)18/h4-7,16H,2-3H2,1H3,(H,17,18)/b15-9-. The lowest BCUT2D eigenvalue weighted by Crippen LogP contribution is -2.00. The number of nitrogens with one attached hydrogen (secondary N) is 1. The number of carboxylic acids is 1. The van der Waals surface area contributed by atoms with E-state index in [2.05, 4.69) is 17.5 Å². The van der Waals surface area contributed by atoms with Gasteiger partial charge in [-0.3, -0.25) is 5.43 Å². The Balaban J connectivity index is 2.15. The molecule has 4 nitrogen and oxygen atoms in total. The van der Waals surface area contributed by atoms with Gasteiger partial charge < -0.3 is 5.11 Å². The van der Waals surface area contributed by atoms with Gasteiger partial charge in [0.1, 0.15) is 0 Å². The molecule has 0 aliphatic heterocycles. The number of carbonyl (C=O) groups is 1. The Morgan fingerprint density at radius 3 is 2.83 bits per heavy atom. The number of hydrogen-bond donors (Lipinski definition) is 2. The van der Waals surface area contributed by atoms with Gasteiger partial charge in [-0.05, 0) is 44.0 Å². The summed E-state index contributed by atoms with van der Waals surface area (Å²) in [5, 5.41) is 13.4. The molecule has 5 heteroatoms. The molecule has 0 heterocycles. The SMILES string of the molecule is CC1=C/C(=N\Nc2ccc(Cl)c(C(=O)O)c2)CC1. The molecule has 2 rings (SSSR count). The zero-order valence-electron chi connectivity index (χ0n) is 9.90. The Kier molecular flexibility index (Phi) is 3.67. The first-order chi connectivity index (χ1) is 8.56. The zero-order valence-corrected chi connectivity index (χ0v) is 10.7. The number of hydrazone groups is 1. The van der Waals surface area contributed by atoms with Gasteiger partial charge in [0.15, 0.2) is 0 Å². The monoisotopic (exact) mass is 264 g/mol. The van der Waals surface area contributed by atoms with Gasteiger partial charge in [-0.2, -0.15) is 5.10 Å². The fourth-order valence-corrected chi connectivity index (χ4v) is 1.94. The van der Waals surface area contributed by atoms with Crippen LogP contribution < -0.4 is 5.43 Å². The molecule has 2 N–H and O–H groups in total. The van der Waals surface area contributed by atoms with E-state index in [1.54, 1.807) is 12.1 Å². The fraction of sp³-hybridized carbons (Fsp3) is 0.231. The third kappa shape index (κ3) is 2.90. The van der Waals surface area contributed by atoms with Gasteiger partial charge >= 0.3 is 5.97 Å². The second-order valence-corrected chi connectivity index (χ2v) is 4.61. The van der Waals surface area contributed by atoms with Crippen molar-refractivity contribution in [3.05, 3.63) is 40.4 Å². The Bertz CT molecular complexity index is 550. The normalized spacial score (nSPS) is 16.8. The third-order valence-corrected chi connectivity index (χ3v) is 3.04. The fourth-order valence-electron chi connectivity index (χ4n) is 1.74. The molecule has 1 aliphatic rings. The van der Waals surface area contributed by atoms with Gasteiger partial charge in [-0.1, -0.05) is 17.2 Å². The number of anilines is 1. The van der Waals surface area contributed by atoms with Crippen LogP contribution in [0.2, 0.25) is 5.02 Å². The maximum atomic E-state index is 10.9. The average molecular weight is 265 g/mol. The highest BCUT2D eigenvalue weighted by Crippen LogP contribution is 2.21. The summed E-state index contributed by atoms with van der Waals surface area (Å²) >= 11 is 5.78. The molecular formula is C13H13ClN2O2. The van der Waals surface area contributed by atoms with Crippen LogP contribution in [0.15, 0.2) is 34.9 Å². The molecule has 1 aliphatic carbocycles. The number of allylic oxidation sites excluding steroid dienone is 2. The minimum Gasteiger partial charge on any atom is -0.478 e. The van der Waals surface area contributed by atoms with E-state index in [9.17, 15) is 4.79 Å². The number of halogens is 1. The van der Waals surface area contributed by atoms with Gasteiger partial charge in [0.2, 0.25) is 0 Å². The van der Waals surface area contributed by atoms with Crippen LogP contribution in [0.3, 0.4) is 0 Å². The average Bonchev–Trinajstić information content (AvgIpc) is 2.74. The number of benzene rings is 1. The molecule has 0 spiro atoms. The Morgan fingerprint density at radius 1 is 1.44 bits per heavy atom. The van der Waals surface area contributed by atoms with E-state index in [1.807, 2.05) is 6.08 Å². The molecule has 0 atom stereocenters. The summed E-state index contributed by atoms with van der Waals surface area (Å²) in [6.45, 7) is 2.06. The molecule has 0 aromatic heterocycles. The summed E-state index contributed by atoms with van der Waals surface area (Å²) in [7, 11) is 0. The summed E-state index contributed by atoms with van der Waals surface area (Å²) in [4.78, 5) is 10.9. The van der Waals surface area contributed by atoms with Crippen molar-refractivity contribution in [3.63, 3.8) is 0 Å². The van der Waals surface area contributed by atoms with Crippen LogP contribution in [0.25, 0.3) is 0 Å². The number of rotatable bonds is 3. The van der Waals surface area contributed by atoms with Gasteiger partial charge in [-0.15, -0.1) is 0 Å². The maximum absolute atomic E-state index is 10.9. The number of nitrogens with zero attached hydrogens (tertiary/aromatic N) is 1. The van der Waals surface area contributed by atoms with Gasteiger partial charge in [0.25, 0.3) is 0 Å². The van der Waals surface area contributed by atoms with Crippen LogP contribution in [-0.2, 0) is 0 Å². The predicted octanol–water partition coefficient (Wildman–Crippen LogP) is 3.55. The predicted molar refractivity (Wildman–Crippen MR) is 72.5 cm³/mol. The van der Waals surface area contributed by atoms with Crippen molar-refractivity contribution in [1.82, 2.24) is 0 Å². The first kappa shape index (κ1) is 12.6. The first-order valence-corrected chi connectivity index (χ1v) is 5.96. The molecule has 0 saturated heterocycles. The van der Waals surface area contributed by atoms with Crippen LogP contribution in [0, 0.1) is 0 Å². The smallest absolute Gasteiger partial charge is 0.337 e.